The summed E-state index contributed by atoms with van der Waals surface area (Å²) in [6, 6.07) is 0. The average molecular weight is 219 g/mol. The lowest BCUT2D eigenvalue weighted by molar-refractivity contribution is 0.178. The summed E-state index contributed by atoms with van der Waals surface area (Å²) in [6.07, 6.45) is 3.03. The van der Waals surface area contributed by atoms with Crippen LogP contribution in [0.1, 0.15) is 19.3 Å². The summed E-state index contributed by atoms with van der Waals surface area (Å²) < 4.78 is 22.6. The second kappa shape index (κ2) is 3.47. The molecule has 14 heavy (non-hydrogen) atoms. The Hall–Kier alpha value is -0.130. The Kier molecular flexibility index (Phi) is 2.57. The van der Waals surface area contributed by atoms with Crippen LogP contribution in [0.5, 0.6) is 0 Å². The quantitative estimate of drug-likeness (QED) is 0.671. The third kappa shape index (κ3) is 2.27. The molecular weight excluding hydrogens is 202 g/mol. The van der Waals surface area contributed by atoms with Crippen molar-refractivity contribution in [3.8, 4) is 0 Å². The van der Waals surface area contributed by atoms with Gasteiger partial charge in [-0.25, -0.2) is 8.42 Å². The lowest BCUT2D eigenvalue weighted by Crippen LogP contribution is -2.50. The minimum atomic E-state index is -2.92. The second-order valence-corrected chi connectivity index (χ2v) is 6.79. The highest BCUT2D eigenvalue weighted by Gasteiger charge is 2.42. The molecule has 1 aliphatic heterocycles. The zero-order chi connectivity index (χ0) is 10.2. The molecule has 0 spiro atoms. The Labute approximate surface area is 84.6 Å². The van der Waals surface area contributed by atoms with Crippen molar-refractivity contribution in [3.05, 3.63) is 0 Å². The zero-order valence-corrected chi connectivity index (χ0v) is 9.02. The van der Waals surface area contributed by atoms with Gasteiger partial charge in [-0.1, -0.05) is 0 Å². The van der Waals surface area contributed by atoms with E-state index in [4.69, 9.17) is 0 Å². The Bertz CT molecular complexity index is 310. The summed E-state index contributed by atoms with van der Waals surface area (Å²) in [5, 5.41) is 12.5. The molecule has 1 saturated heterocycles. The number of nitrogens with one attached hydrogen (secondary N) is 1. The average Bonchev–Trinajstić information content (AvgIpc) is 2.89. The lowest BCUT2D eigenvalue weighted by Gasteiger charge is -2.26. The molecule has 0 amide bonds. The standard InChI is InChI=1S/C9H17NO3S/c11-6-9(10-5-8-1-2-8)3-4-14(12,13)7-9/h8,10-11H,1-7H2. The number of sulfone groups is 1. The monoisotopic (exact) mass is 219 g/mol. The topological polar surface area (TPSA) is 66.4 Å². The van der Waals surface area contributed by atoms with E-state index >= 15 is 0 Å². The van der Waals surface area contributed by atoms with E-state index in [0.29, 0.717) is 12.3 Å². The first-order valence-corrected chi connectivity index (χ1v) is 6.94. The molecular formula is C9H17NO3S. The molecule has 0 aromatic heterocycles. The van der Waals surface area contributed by atoms with Gasteiger partial charge in [-0.3, -0.25) is 0 Å². The first-order chi connectivity index (χ1) is 6.55. The first-order valence-electron chi connectivity index (χ1n) is 5.12. The molecule has 1 unspecified atom stereocenters. The Morgan fingerprint density at radius 1 is 1.43 bits per heavy atom. The van der Waals surface area contributed by atoms with Gasteiger partial charge in [0.25, 0.3) is 0 Å². The molecule has 5 heteroatoms. The fourth-order valence-corrected chi connectivity index (χ4v) is 3.94. The third-order valence-corrected chi connectivity index (χ3v) is 4.97. The maximum absolute atomic E-state index is 11.3. The summed E-state index contributed by atoms with van der Waals surface area (Å²) in [4.78, 5) is 0. The van der Waals surface area contributed by atoms with E-state index in [2.05, 4.69) is 5.32 Å². The van der Waals surface area contributed by atoms with Crippen molar-refractivity contribution in [1.82, 2.24) is 5.32 Å². The van der Waals surface area contributed by atoms with Gasteiger partial charge in [0.05, 0.1) is 23.7 Å². The van der Waals surface area contributed by atoms with Gasteiger partial charge in [-0.15, -0.1) is 0 Å². The predicted octanol–water partition coefficient (Wildman–Crippen LogP) is -0.464. The van der Waals surface area contributed by atoms with Crippen molar-refractivity contribution in [2.45, 2.75) is 24.8 Å². The minimum absolute atomic E-state index is 0.0705. The molecule has 0 aromatic carbocycles. The third-order valence-electron chi connectivity index (χ3n) is 3.15. The van der Waals surface area contributed by atoms with Crippen LogP contribution < -0.4 is 5.32 Å². The van der Waals surface area contributed by atoms with Crippen molar-refractivity contribution in [2.24, 2.45) is 5.92 Å². The van der Waals surface area contributed by atoms with Crippen molar-refractivity contribution in [2.75, 3.05) is 24.7 Å². The summed E-state index contributed by atoms with van der Waals surface area (Å²) in [5.74, 6) is 1.02. The Balaban J connectivity index is 1.95. The molecule has 2 fully saturated rings. The van der Waals surface area contributed by atoms with Gasteiger partial charge in [0.1, 0.15) is 0 Å². The number of hydrogen-bond acceptors (Lipinski definition) is 4. The van der Waals surface area contributed by atoms with Crippen LogP contribution in [0, 0.1) is 5.92 Å². The van der Waals surface area contributed by atoms with Crippen molar-refractivity contribution < 1.29 is 13.5 Å². The van der Waals surface area contributed by atoms with Crippen LogP contribution in [-0.2, 0) is 9.84 Å². The SMILES string of the molecule is O=S1(=O)CCC(CO)(NCC2CC2)C1. The molecule has 2 aliphatic rings. The molecule has 0 radical (unpaired) electrons. The fraction of sp³-hybridized carbons (Fsp3) is 1.00. The summed E-state index contributed by atoms with van der Waals surface area (Å²) >= 11 is 0. The summed E-state index contributed by atoms with van der Waals surface area (Å²) in [5.41, 5.74) is -0.540. The van der Waals surface area contributed by atoms with Crippen LogP contribution in [0.15, 0.2) is 0 Å². The molecule has 4 nitrogen and oxygen atoms in total. The number of aliphatic hydroxyl groups excluding tert-OH is 1. The molecule has 0 aromatic rings. The van der Waals surface area contributed by atoms with Crippen LogP contribution in [0.25, 0.3) is 0 Å². The van der Waals surface area contributed by atoms with E-state index in [1.807, 2.05) is 0 Å². The van der Waals surface area contributed by atoms with Gasteiger partial charge in [-0.2, -0.15) is 0 Å². The van der Waals surface area contributed by atoms with Gasteiger partial charge in [-0.05, 0) is 31.7 Å². The second-order valence-electron chi connectivity index (χ2n) is 4.60. The summed E-state index contributed by atoms with van der Waals surface area (Å²) in [7, 11) is -2.92. The fourth-order valence-electron chi connectivity index (χ4n) is 1.92. The van der Waals surface area contributed by atoms with Gasteiger partial charge < -0.3 is 10.4 Å². The van der Waals surface area contributed by atoms with Crippen molar-refractivity contribution in [3.63, 3.8) is 0 Å². The van der Waals surface area contributed by atoms with Crippen molar-refractivity contribution in [1.29, 1.82) is 0 Å². The van der Waals surface area contributed by atoms with Crippen LogP contribution in [0.3, 0.4) is 0 Å². The molecule has 2 N–H and O–H groups in total. The van der Waals surface area contributed by atoms with Crippen LogP contribution >= 0.6 is 0 Å². The largest absolute Gasteiger partial charge is 0.394 e. The molecule has 2 rings (SSSR count). The van der Waals surface area contributed by atoms with E-state index in [-0.39, 0.29) is 18.1 Å². The molecule has 1 saturated carbocycles. The van der Waals surface area contributed by atoms with E-state index in [0.717, 1.165) is 6.54 Å². The number of rotatable bonds is 4. The highest BCUT2D eigenvalue weighted by Crippen LogP contribution is 2.30. The van der Waals surface area contributed by atoms with Gasteiger partial charge in [0.2, 0.25) is 0 Å². The highest BCUT2D eigenvalue weighted by molar-refractivity contribution is 7.91. The van der Waals surface area contributed by atoms with Crippen LogP contribution in [0.2, 0.25) is 0 Å². The van der Waals surface area contributed by atoms with Gasteiger partial charge in [0, 0.05) is 0 Å². The van der Waals surface area contributed by atoms with Crippen molar-refractivity contribution >= 4 is 9.84 Å². The Morgan fingerprint density at radius 2 is 2.14 bits per heavy atom. The minimum Gasteiger partial charge on any atom is -0.394 e. The molecule has 1 heterocycles. The van der Waals surface area contributed by atoms with Crippen LogP contribution in [-0.4, -0.2) is 43.7 Å². The normalized spacial score (nSPS) is 36.1. The maximum atomic E-state index is 11.3. The van der Waals surface area contributed by atoms with E-state index in [1.54, 1.807) is 0 Å². The molecule has 1 aliphatic carbocycles. The summed E-state index contributed by atoms with van der Waals surface area (Å²) in [6.45, 7) is 0.787. The zero-order valence-electron chi connectivity index (χ0n) is 8.20. The molecule has 82 valence electrons. The van der Waals surface area contributed by atoms with E-state index in [1.165, 1.54) is 12.8 Å². The Morgan fingerprint density at radius 3 is 2.57 bits per heavy atom. The molecule has 0 bridgehead atoms. The molecule has 1 atom stereocenters. The van der Waals surface area contributed by atoms with Crippen LogP contribution in [0.4, 0.5) is 0 Å². The predicted molar refractivity (Wildman–Crippen MR) is 53.8 cm³/mol. The number of hydrogen-bond donors (Lipinski definition) is 2. The smallest absolute Gasteiger partial charge is 0.152 e. The van der Waals surface area contributed by atoms with Gasteiger partial charge >= 0.3 is 0 Å². The van der Waals surface area contributed by atoms with E-state index in [9.17, 15) is 13.5 Å². The number of aliphatic hydroxyl groups is 1. The van der Waals surface area contributed by atoms with E-state index < -0.39 is 15.4 Å². The first kappa shape index (κ1) is 10.4. The van der Waals surface area contributed by atoms with Gasteiger partial charge in [0.15, 0.2) is 9.84 Å². The highest BCUT2D eigenvalue weighted by atomic mass is 32.2. The lowest BCUT2D eigenvalue weighted by atomic mass is 10.0. The maximum Gasteiger partial charge on any atom is 0.152 e.